The fourth-order valence-electron chi connectivity index (χ4n) is 4.90. The highest BCUT2D eigenvalue weighted by atomic mass is 16.5. The second-order valence-corrected chi connectivity index (χ2v) is 9.40. The zero-order valence-corrected chi connectivity index (χ0v) is 21.2. The number of unbranched alkanes of at least 4 members (excludes halogenated alkanes) is 1. The monoisotopic (exact) mass is 470 g/mol. The van der Waals surface area contributed by atoms with Crippen molar-refractivity contribution in [3.8, 4) is 5.75 Å². The van der Waals surface area contributed by atoms with Crippen molar-refractivity contribution < 1.29 is 14.3 Å². The Bertz CT molecular complexity index is 833. The van der Waals surface area contributed by atoms with E-state index in [2.05, 4.69) is 29.1 Å². The van der Waals surface area contributed by atoms with Gasteiger partial charge in [-0.15, -0.1) is 0 Å². The number of hydrogen-bond acceptors (Lipinski definition) is 5. The van der Waals surface area contributed by atoms with Gasteiger partial charge >= 0.3 is 0 Å². The van der Waals surface area contributed by atoms with Gasteiger partial charge in [-0.3, -0.25) is 9.89 Å². The van der Waals surface area contributed by atoms with Gasteiger partial charge in [0.05, 0.1) is 25.8 Å². The van der Waals surface area contributed by atoms with E-state index in [4.69, 9.17) is 9.47 Å². The SMILES string of the molecule is CCCCN(C)Cc1cn[nH]c1C1CCC(N(CCOc2ccccc2)C(=O)CCOC)CC1. The summed E-state index contributed by atoms with van der Waals surface area (Å²) in [5.41, 5.74) is 2.60. The molecule has 0 saturated heterocycles. The van der Waals surface area contributed by atoms with Crippen LogP contribution in [0.5, 0.6) is 5.75 Å². The van der Waals surface area contributed by atoms with Gasteiger partial charge in [0.2, 0.25) is 5.91 Å². The molecule has 7 nitrogen and oxygen atoms in total. The zero-order valence-electron chi connectivity index (χ0n) is 21.2. The molecule has 1 saturated carbocycles. The molecule has 0 spiro atoms. The third-order valence-corrected chi connectivity index (χ3v) is 6.82. The van der Waals surface area contributed by atoms with Crippen LogP contribution in [-0.2, 0) is 16.1 Å². The number of amides is 1. The van der Waals surface area contributed by atoms with Gasteiger partial charge in [-0.1, -0.05) is 31.5 Å². The third kappa shape index (κ3) is 7.84. The van der Waals surface area contributed by atoms with E-state index in [9.17, 15) is 4.79 Å². The predicted molar refractivity (Wildman–Crippen MR) is 135 cm³/mol. The van der Waals surface area contributed by atoms with Crippen LogP contribution in [-0.4, -0.2) is 72.4 Å². The molecular weight excluding hydrogens is 428 g/mol. The van der Waals surface area contributed by atoms with E-state index in [1.165, 1.54) is 24.1 Å². The van der Waals surface area contributed by atoms with Crippen LogP contribution < -0.4 is 4.74 Å². The van der Waals surface area contributed by atoms with E-state index in [-0.39, 0.29) is 11.9 Å². The molecule has 2 aromatic rings. The number of carbonyl (C=O) groups excluding carboxylic acids is 1. The first-order valence-corrected chi connectivity index (χ1v) is 12.8. The molecule has 1 heterocycles. The zero-order chi connectivity index (χ0) is 24.2. The summed E-state index contributed by atoms with van der Waals surface area (Å²) in [4.78, 5) is 17.4. The molecule has 0 unspecified atom stereocenters. The molecule has 1 aromatic carbocycles. The quantitative estimate of drug-likeness (QED) is 0.437. The molecule has 1 aliphatic rings. The van der Waals surface area contributed by atoms with E-state index in [0.717, 1.165) is 44.5 Å². The van der Waals surface area contributed by atoms with Crippen molar-refractivity contribution in [2.45, 2.75) is 70.4 Å². The number of nitrogens with one attached hydrogen (secondary N) is 1. The van der Waals surface area contributed by atoms with Crippen LogP contribution in [0.25, 0.3) is 0 Å². The van der Waals surface area contributed by atoms with Crippen LogP contribution in [0.2, 0.25) is 0 Å². The number of carbonyl (C=O) groups is 1. The lowest BCUT2D eigenvalue weighted by Gasteiger charge is -2.37. The molecule has 7 heteroatoms. The van der Waals surface area contributed by atoms with Gasteiger partial charge < -0.3 is 19.3 Å². The Morgan fingerprint density at radius 2 is 1.88 bits per heavy atom. The van der Waals surface area contributed by atoms with Crippen LogP contribution >= 0.6 is 0 Å². The normalized spacial score (nSPS) is 18.2. The lowest BCUT2D eigenvalue weighted by atomic mass is 9.82. The first-order valence-electron chi connectivity index (χ1n) is 12.8. The number of rotatable bonds is 14. The Morgan fingerprint density at radius 3 is 2.59 bits per heavy atom. The Labute approximate surface area is 204 Å². The Hall–Kier alpha value is -2.38. The standard InChI is InChI=1S/C27H42N4O3/c1-4-5-16-30(2)21-23-20-28-29-27(23)22-11-13-24(14-12-22)31(26(32)15-18-33-3)17-19-34-25-9-7-6-8-10-25/h6-10,20,22,24H,4-5,11-19,21H2,1-3H3,(H,28,29). The number of hydrogen-bond donors (Lipinski definition) is 1. The summed E-state index contributed by atoms with van der Waals surface area (Å²) in [7, 11) is 3.83. The van der Waals surface area contributed by atoms with Crippen LogP contribution in [0, 0.1) is 0 Å². The fourth-order valence-corrected chi connectivity index (χ4v) is 4.90. The van der Waals surface area contributed by atoms with Crippen LogP contribution in [0.15, 0.2) is 36.5 Å². The van der Waals surface area contributed by atoms with Gasteiger partial charge in [-0.05, 0) is 57.8 Å². The smallest absolute Gasteiger partial charge is 0.225 e. The summed E-state index contributed by atoms with van der Waals surface area (Å²) >= 11 is 0. The molecule has 1 N–H and O–H groups in total. The topological polar surface area (TPSA) is 70.7 Å². The lowest BCUT2D eigenvalue weighted by Crippen LogP contribution is -2.44. The number of H-pyrrole nitrogens is 1. The second kappa shape index (κ2) is 14.1. The second-order valence-electron chi connectivity index (χ2n) is 9.40. The van der Waals surface area contributed by atoms with Gasteiger partial charge in [-0.25, -0.2) is 0 Å². The average Bonchev–Trinajstić information content (AvgIpc) is 3.32. The minimum absolute atomic E-state index is 0.154. The summed E-state index contributed by atoms with van der Waals surface area (Å²) in [6.07, 6.45) is 8.95. The Morgan fingerprint density at radius 1 is 1.12 bits per heavy atom. The van der Waals surface area contributed by atoms with E-state index < -0.39 is 0 Å². The largest absolute Gasteiger partial charge is 0.492 e. The molecule has 1 aromatic heterocycles. The maximum Gasteiger partial charge on any atom is 0.225 e. The van der Waals surface area contributed by atoms with Crippen molar-refractivity contribution in [2.24, 2.45) is 0 Å². The van der Waals surface area contributed by atoms with Crippen LogP contribution in [0.1, 0.15) is 69.0 Å². The molecule has 188 valence electrons. The number of methoxy groups -OCH3 is 1. The van der Waals surface area contributed by atoms with Gasteiger partial charge in [0.25, 0.3) is 0 Å². The molecule has 3 rings (SSSR count). The average molecular weight is 471 g/mol. The third-order valence-electron chi connectivity index (χ3n) is 6.82. The number of aromatic amines is 1. The van der Waals surface area contributed by atoms with Gasteiger partial charge in [0, 0.05) is 36.9 Å². The predicted octanol–water partition coefficient (Wildman–Crippen LogP) is 4.61. The minimum atomic E-state index is 0.154. The van der Waals surface area contributed by atoms with Crippen LogP contribution in [0.3, 0.4) is 0 Å². The number of ether oxygens (including phenoxy) is 2. The van der Waals surface area contributed by atoms with E-state index >= 15 is 0 Å². The summed E-state index contributed by atoms with van der Waals surface area (Å²) in [6.45, 7) is 5.82. The van der Waals surface area contributed by atoms with Gasteiger partial charge in [0.15, 0.2) is 0 Å². The summed E-state index contributed by atoms with van der Waals surface area (Å²) in [5, 5.41) is 7.66. The van der Waals surface area contributed by atoms with Crippen molar-refractivity contribution in [3.63, 3.8) is 0 Å². The van der Waals surface area contributed by atoms with Crippen molar-refractivity contribution in [1.29, 1.82) is 0 Å². The first-order chi connectivity index (χ1) is 16.6. The van der Waals surface area contributed by atoms with Gasteiger partial charge in [0.1, 0.15) is 12.4 Å². The van der Waals surface area contributed by atoms with Crippen molar-refractivity contribution >= 4 is 5.91 Å². The molecule has 0 bridgehead atoms. The molecule has 1 fully saturated rings. The van der Waals surface area contributed by atoms with Crippen molar-refractivity contribution in [1.82, 2.24) is 20.0 Å². The maximum absolute atomic E-state index is 13.0. The number of para-hydroxylation sites is 1. The maximum atomic E-state index is 13.0. The molecule has 0 atom stereocenters. The van der Waals surface area contributed by atoms with E-state index in [1.54, 1.807) is 7.11 Å². The highest BCUT2D eigenvalue weighted by molar-refractivity contribution is 5.76. The highest BCUT2D eigenvalue weighted by Crippen LogP contribution is 2.35. The lowest BCUT2D eigenvalue weighted by molar-refractivity contribution is -0.135. The summed E-state index contributed by atoms with van der Waals surface area (Å²) < 4.78 is 11.1. The summed E-state index contributed by atoms with van der Waals surface area (Å²) in [6, 6.07) is 10.0. The van der Waals surface area contributed by atoms with Crippen molar-refractivity contribution in [3.05, 3.63) is 47.8 Å². The Kier molecular flexibility index (Phi) is 10.9. The molecule has 1 aliphatic carbocycles. The summed E-state index contributed by atoms with van der Waals surface area (Å²) in [5.74, 6) is 1.47. The van der Waals surface area contributed by atoms with Gasteiger partial charge in [-0.2, -0.15) is 5.10 Å². The van der Waals surface area contributed by atoms with E-state index in [1.807, 2.05) is 41.4 Å². The first kappa shape index (κ1) is 26.2. The molecule has 0 aliphatic heterocycles. The molecular formula is C27H42N4O3. The Balaban J connectivity index is 1.56. The highest BCUT2D eigenvalue weighted by Gasteiger charge is 2.30. The fraction of sp³-hybridized carbons (Fsp3) is 0.630. The minimum Gasteiger partial charge on any atom is -0.492 e. The van der Waals surface area contributed by atoms with E-state index in [0.29, 0.717) is 32.1 Å². The molecule has 34 heavy (non-hydrogen) atoms. The number of nitrogens with zero attached hydrogens (tertiary/aromatic N) is 3. The van der Waals surface area contributed by atoms with Crippen LogP contribution in [0.4, 0.5) is 0 Å². The van der Waals surface area contributed by atoms with Crippen molar-refractivity contribution in [2.75, 3.05) is 40.5 Å². The number of benzene rings is 1. The molecule has 1 amide bonds. The number of aromatic nitrogens is 2. The molecule has 0 radical (unpaired) electrons.